The third-order valence-electron chi connectivity index (χ3n) is 5.40. The average Bonchev–Trinajstić information content (AvgIpc) is 3.10. The van der Waals surface area contributed by atoms with Gasteiger partial charge in [-0.05, 0) is 35.4 Å². The van der Waals surface area contributed by atoms with Crippen molar-refractivity contribution in [2.24, 2.45) is 7.05 Å². The Labute approximate surface area is 175 Å². The van der Waals surface area contributed by atoms with Gasteiger partial charge in [0.05, 0.1) is 0 Å². The number of nitrogens with one attached hydrogen (secondary N) is 1. The molecule has 30 heavy (non-hydrogen) atoms. The van der Waals surface area contributed by atoms with Gasteiger partial charge in [0.15, 0.2) is 0 Å². The number of amides is 1. The van der Waals surface area contributed by atoms with E-state index in [4.69, 9.17) is 0 Å². The van der Waals surface area contributed by atoms with Crippen molar-refractivity contribution >= 4 is 16.8 Å². The largest absolute Gasteiger partial charge is 0.356 e. The minimum absolute atomic E-state index is 0.105. The number of carbonyl (C=O) groups is 1. The maximum Gasteiger partial charge on any atom is 0.220 e. The summed E-state index contributed by atoms with van der Waals surface area (Å²) in [7, 11) is 1.97. The van der Waals surface area contributed by atoms with Crippen molar-refractivity contribution in [1.82, 2.24) is 14.9 Å². The van der Waals surface area contributed by atoms with Crippen LogP contribution in [0.3, 0.4) is 0 Å². The van der Waals surface area contributed by atoms with Gasteiger partial charge in [0.1, 0.15) is 5.82 Å². The Bertz CT molecular complexity index is 1150. The summed E-state index contributed by atoms with van der Waals surface area (Å²) in [5.41, 5.74) is 3.48. The number of hydrogen-bond acceptors (Lipinski definition) is 2. The predicted molar refractivity (Wildman–Crippen MR) is 117 cm³/mol. The van der Waals surface area contributed by atoms with Crippen molar-refractivity contribution in [2.45, 2.75) is 18.8 Å². The fraction of sp³-hybridized carbons (Fsp3) is 0.200. The molecule has 0 radical (unpaired) electrons. The Balaban J connectivity index is 1.58. The Kier molecular flexibility index (Phi) is 5.89. The van der Waals surface area contributed by atoms with Gasteiger partial charge in [0, 0.05) is 61.3 Å². The summed E-state index contributed by atoms with van der Waals surface area (Å²) in [6.07, 6.45) is 4.58. The number of hydrogen-bond donors (Lipinski definition) is 1. The topological polar surface area (TPSA) is 46.9 Å². The molecular weight excluding hydrogens is 377 g/mol. The van der Waals surface area contributed by atoms with Gasteiger partial charge in [-0.25, -0.2) is 4.39 Å². The van der Waals surface area contributed by atoms with Gasteiger partial charge in [-0.15, -0.1) is 0 Å². The molecule has 0 aliphatic carbocycles. The molecule has 1 atom stereocenters. The number of aromatic nitrogens is 2. The normalized spacial score (nSPS) is 12.1. The molecule has 0 aliphatic rings. The molecule has 2 aromatic heterocycles. The van der Waals surface area contributed by atoms with Crippen LogP contribution in [0.5, 0.6) is 0 Å². The summed E-state index contributed by atoms with van der Waals surface area (Å²) in [5.74, 6) is -0.768. The van der Waals surface area contributed by atoms with E-state index >= 15 is 0 Å². The Morgan fingerprint density at radius 2 is 1.80 bits per heavy atom. The zero-order chi connectivity index (χ0) is 20.9. The molecular formula is C25H24FN3O. The maximum absolute atomic E-state index is 14.7. The van der Waals surface area contributed by atoms with Crippen LogP contribution in [0.25, 0.3) is 10.9 Å². The molecule has 0 fully saturated rings. The molecule has 4 aromatic rings. The van der Waals surface area contributed by atoms with E-state index in [2.05, 4.69) is 10.3 Å². The average molecular weight is 401 g/mol. The molecule has 0 saturated heterocycles. The summed E-state index contributed by atoms with van der Waals surface area (Å²) in [6.45, 7) is 0.495. The van der Waals surface area contributed by atoms with Crippen LogP contribution in [0, 0.1) is 5.82 Å². The molecule has 0 aliphatic heterocycles. The zero-order valence-electron chi connectivity index (χ0n) is 16.9. The van der Waals surface area contributed by atoms with Crippen LogP contribution in [-0.4, -0.2) is 22.0 Å². The molecule has 1 amide bonds. The van der Waals surface area contributed by atoms with E-state index in [-0.39, 0.29) is 24.1 Å². The van der Waals surface area contributed by atoms with Gasteiger partial charge in [0.2, 0.25) is 5.91 Å². The second-order valence-corrected chi connectivity index (χ2v) is 7.41. The van der Waals surface area contributed by atoms with E-state index in [9.17, 15) is 9.18 Å². The van der Waals surface area contributed by atoms with Crippen LogP contribution in [0.2, 0.25) is 0 Å². The van der Waals surface area contributed by atoms with Gasteiger partial charge >= 0.3 is 0 Å². The highest BCUT2D eigenvalue weighted by molar-refractivity contribution is 5.86. The molecule has 4 nitrogen and oxygen atoms in total. The first-order valence-corrected chi connectivity index (χ1v) is 10.1. The highest BCUT2D eigenvalue weighted by Gasteiger charge is 2.24. The van der Waals surface area contributed by atoms with Gasteiger partial charge in [-0.2, -0.15) is 0 Å². The molecule has 2 aromatic carbocycles. The number of rotatable bonds is 7. The summed E-state index contributed by atoms with van der Waals surface area (Å²) in [4.78, 5) is 17.1. The van der Waals surface area contributed by atoms with E-state index in [1.54, 1.807) is 18.3 Å². The highest BCUT2D eigenvalue weighted by Crippen LogP contribution is 2.35. The van der Waals surface area contributed by atoms with Gasteiger partial charge in [-0.3, -0.25) is 9.78 Å². The smallest absolute Gasteiger partial charge is 0.220 e. The number of pyridine rings is 1. The molecule has 0 unspecified atom stereocenters. The second kappa shape index (κ2) is 8.91. The van der Waals surface area contributed by atoms with E-state index < -0.39 is 0 Å². The SMILES string of the molecule is Cn1cc([C@@H](CC(=O)NCCc2ccccn2)c2ccccc2F)c2ccccc21. The monoisotopic (exact) mass is 401 g/mol. The van der Waals surface area contributed by atoms with Gasteiger partial charge < -0.3 is 9.88 Å². The summed E-state index contributed by atoms with van der Waals surface area (Å²) < 4.78 is 16.7. The van der Waals surface area contributed by atoms with Crippen molar-refractivity contribution in [1.29, 1.82) is 0 Å². The number of benzene rings is 2. The summed E-state index contributed by atoms with van der Waals surface area (Å²) in [6, 6.07) is 20.4. The third-order valence-corrected chi connectivity index (χ3v) is 5.40. The van der Waals surface area contributed by atoms with Crippen LogP contribution < -0.4 is 5.32 Å². The maximum atomic E-state index is 14.7. The fourth-order valence-corrected chi connectivity index (χ4v) is 3.93. The Morgan fingerprint density at radius 1 is 1.03 bits per heavy atom. The lowest BCUT2D eigenvalue weighted by atomic mass is 9.87. The number of fused-ring (bicyclic) bond motifs is 1. The number of para-hydroxylation sites is 1. The first-order chi connectivity index (χ1) is 14.6. The fourth-order valence-electron chi connectivity index (χ4n) is 3.93. The minimum Gasteiger partial charge on any atom is -0.356 e. The molecule has 0 spiro atoms. The van der Waals surface area contributed by atoms with Crippen molar-refractivity contribution < 1.29 is 9.18 Å². The first kappa shape index (κ1) is 19.8. The van der Waals surface area contributed by atoms with Crippen molar-refractivity contribution in [3.8, 4) is 0 Å². The first-order valence-electron chi connectivity index (χ1n) is 10.1. The van der Waals surface area contributed by atoms with Crippen LogP contribution in [0.1, 0.15) is 29.2 Å². The predicted octanol–water partition coefficient (Wildman–Crippen LogP) is 4.59. The van der Waals surface area contributed by atoms with Crippen LogP contribution in [0.4, 0.5) is 4.39 Å². The lowest BCUT2D eigenvalue weighted by molar-refractivity contribution is -0.121. The van der Waals surface area contributed by atoms with Crippen LogP contribution in [0.15, 0.2) is 79.1 Å². The van der Waals surface area contributed by atoms with Gasteiger partial charge in [-0.1, -0.05) is 42.5 Å². The highest BCUT2D eigenvalue weighted by atomic mass is 19.1. The lowest BCUT2D eigenvalue weighted by Gasteiger charge is -2.18. The number of carbonyl (C=O) groups excluding carboxylic acids is 1. The molecule has 0 bridgehead atoms. The third kappa shape index (κ3) is 4.25. The zero-order valence-corrected chi connectivity index (χ0v) is 16.9. The number of nitrogens with zero attached hydrogens (tertiary/aromatic N) is 2. The minimum atomic E-state index is -0.368. The van der Waals surface area contributed by atoms with E-state index in [0.29, 0.717) is 18.5 Å². The van der Waals surface area contributed by atoms with Gasteiger partial charge in [0.25, 0.3) is 0 Å². The Hall–Kier alpha value is -3.47. The molecule has 5 heteroatoms. The molecule has 4 rings (SSSR count). The quantitative estimate of drug-likeness (QED) is 0.492. The van der Waals surface area contributed by atoms with E-state index in [0.717, 1.165) is 22.2 Å². The number of halogens is 1. The molecule has 2 heterocycles. The molecule has 0 saturated carbocycles. The Morgan fingerprint density at radius 3 is 2.60 bits per heavy atom. The number of aryl methyl sites for hydroxylation is 1. The standard InChI is InChI=1S/C25H24FN3O/c1-29-17-22(20-10-3-5-12-24(20)29)21(19-9-2-4-11-23(19)26)16-25(30)28-15-13-18-8-6-7-14-27-18/h2-12,14,17,21H,13,15-16H2,1H3,(H,28,30)/t21-/m0/s1. The molecule has 1 N–H and O–H groups in total. The second-order valence-electron chi connectivity index (χ2n) is 7.41. The van der Waals surface area contributed by atoms with E-state index in [1.165, 1.54) is 6.07 Å². The van der Waals surface area contributed by atoms with E-state index in [1.807, 2.05) is 66.3 Å². The van der Waals surface area contributed by atoms with Crippen LogP contribution in [-0.2, 0) is 18.3 Å². The molecule has 152 valence electrons. The van der Waals surface area contributed by atoms with Crippen molar-refractivity contribution in [2.75, 3.05) is 6.54 Å². The summed E-state index contributed by atoms with van der Waals surface area (Å²) >= 11 is 0. The van der Waals surface area contributed by atoms with Crippen LogP contribution >= 0.6 is 0 Å². The van der Waals surface area contributed by atoms with Crippen molar-refractivity contribution in [3.05, 3.63) is 102 Å². The lowest BCUT2D eigenvalue weighted by Crippen LogP contribution is -2.27. The summed E-state index contributed by atoms with van der Waals surface area (Å²) in [5, 5.41) is 4.00. The van der Waals surface area contributed by atoms with Crippen molar-refractivity contribution in [3.63, 3.8) is 0 Å².